The quantitative estimate of drug-likeness (QED) is 0.460. The molecule has 7 nitrogen and oxygen atoms in total. The summed E-state index contributed by atoms with van der Waals surface area (Å²) in [6.07, 6.45) is -1.49. The second kappa shape index (κ2) is 9.93. The van der Waals surface area contributed by atoms with Crippen molar-refractivity contribution in [3.05, 3.63) is 52.8 Å². The van der Waals surface area contributed by atoms with Crippen molar-refractivity contribution in [2.75, 3.05) is 7.05 Å². The number of aliphatic imine (C=N–C) groups is 1. The third-order valence-corrected chi connectivity index (χ3v) is 5.76. The minimum absolute atomic E-state index is 0.0911. The summed E-state index contributed by atoms with van der Waals surface area (Å²) in [6.45, 7) is 1.70. The van der Waals surface area contributed by atoms with Crippen LogP contribution in [0.3, 0.4) is 0 Å². The Kier molecular flexibility index (Phi) is 7.47. The number of nitrogens with one attached hydrogen (secondary N) is 1. The van der Waals surface area contributed by atoms with Crippen LogP contribution in [0.15, 0.2) is 35.3 Å². The van der Waals surface area contributed by atoms with Gasteiger partial charge in [-0.3, -0.25) is 14.8 Å². The summed E-state index contributed by atoms with van der Waals surface area (Å²) >= 11 is 0. The van der Waals surface area contributed by atoms with Gasteiger partial charge in [0.25, 0.3) is 5.91 Å². The summed E-state index contributed by atoms with van der Waals surface area (Å²) in [4.78, 5) is 16.9. The summed E-state index contributed by atoms with van der Waals surface area (Å²) in [5, 5.41) is 26.7. The number of nitrogens with zero attached hydrogens (tertiary/aromatic N) is 3. The average Bonchev–Trinajstić information content (AvgIpc) is 3.22. The second-order valence-corrected chi connectivity index (χ2v) is 8.04. The molecular formula is C22H27F3N4O3. The molecule has 0 saturated heterocycles. The van der Waals surface area contributed by atoms with Crippen molar-refractivity contribution in [1.82, 2.24) is 15.1 Å². The van der Waals surface area contributed by atoms with Gasteiger partial charge in [-0.15, -0.1) is 0 Å². The van der Waals surface area contributed by atoms with Crippen LogP contribution < -0.4 is 5.32 Å². The van der Waals surface area contributed by atoms with Crippen LogP contribution in [0.5, 0.6) is 0 Å². The van der Waals surface area contributed by atoms with E-state index in [9.17, 15) is 28.2 Å². The lowest BCUT2D eigenvalue weighted by molar-refractivity contribution is -0.137. The molecule has 2 aromatic rings. The van der Waals surface area contributed by atoms with Gasteiger partial charge in [0.15, 0.2) is 0 Å². The van der Waals surface area contributed by atoms with Crippen LogP contribution in [0.25, 0.3) is 0 Å². The third-order valence-electron chi connectivity index (χ3n) is 5.76. The Bertz CT molecular complexity index is 948. The third kappa shape index (κ3) is 5.62. The highest BCUT2D eigenvalue weighted by Gasteiger charge is 2.30. The molecule has 1 heterocycles. The molecule has 1 aromatic heterocycles. The van der Waals surface area contributed by atoms with Crippen molar-refractivity contribution < 1.29 is 28.2 Å². The molecule has 1 aliphatic rings. The molecule has 10 heteroatoms. The number of aromatic nitrogens is 2. The van der Waals surface area contributed by atoms with E-state index < -0.39 is 29.9 Å². The van der Waals surface area contributed by atoms with Gasteiger partial charge in [-0.2, -0.15) is 18.3 Å². The molecule has 3 rings (SSSR count). The zero-order chi connectivity index (χ0) is 23.5. The lowest BCUT2D eigenvalue weighted by Crippen LogP contribution is -2.20. The molecule has 0 bridgehead atoms. The van der Waals surface area contributed by atoms with E-state index in [1.807, 2.05) is 0 Å². The second-order valence-electron chi connectivity index (χ2n) is 8.04. The number of carbonyl (C=O) groups excluding carboxylic acids is 1. The zero-order valence-corrected chi connectivity index (χ0v) is 17.9. The van der Waals surface area contributed by atoms with E-state index >= 15 is 0 Å². The summed E-state index contributed by atoms with van der Waals surface area (Å²) in [5.41, 5.74) is 0.0731. The molecule has 0 radical (unpaired) electrons. The molecule has 1 aliphatic carbocycles. The standard InChI is InChI=1S/C22H27F3N4O3/c1-13(15-5-7-16(8-6-15)22(23,24)25)29-19(11-18(28-29)20(31)26-2)21(32)27-12-14-3-9-17(30)10-4-14/h5-8,11-14,17,20,26,30-31H,3-4,9-10H2,1-2H3. The average molecular weight is 452 g/mol. The van der Waals surface area contributed by atoms with Gasteiger partial charge in [-0.05, 0) is 69.3 Å². The molecule has 1 saturated carbocycles. The van der Waals surface area contributed by atoms with E-state index in [4.69, 9.17) is 0 Å². The minimum Gasteiger partial charge on any atom is -0.393 e. The lowest BCUT2D eigenvalue weighted by atomic mass is 9.88. The molecule has 0 aliphatic heterocycles. The van der Waals surface area contributed by atoms with Crippen LogP contribution in [0, 0.1) is 5.92 Å². The maximum Gasteiger partial charge on any atom is 0.416 e. The predicted molar refractivity (Wildman–Crippen MR) is 112 cm³/mol. The van der Waals surface area contributed by atoms with E-state index in [-0.39, 0.29) is 23.4 Å². The van der Waals surface area contributed by atoms with E-state index in [2.05, 4.69) is 15.4 Å². The Balaban J connectivity index is 1.87. The first-order valence-corrected chi connectivity index (χ1v) is 10.5. The first-order valence-electron chi connectivity index (χ1n) is 10.5. The zero-order valence-electron chi connectivity index (χ0n) is 17.9. The van der Waals surface area contributed by atoms with Gasteiger partial charge in [0.2, 0.25) is 0 Å². The first kappa shape index (κ1) is 24.1. The molecule has 2 unspecified atom stereocenters. The van der Waals surface area contributed by atoms with Crippen molar-refractivity contribution in [1.29, 1.82) is 0 Å². The SMILES string of the molecule is CNC(O)c1cc(C(=O)N=CC2CCC(O)CC2)n(C(C)c2ccc(C(F)(F)F)cc2)n1. The molecule has 32 heavy (non-hydrogen) atoms. The van der Waals surface area contributed by atoms with Crippen LogP contribution >= 0.6 is 0 Å². The molecule has 0 spiro atoms. The highest BCUT2D eigenvalue weighted by Crippen LogP contribution is 2.31. The number of rotatable bonds is 6. The number of benzene rings is 1. The van der Waals surface area contributed by atoms with Crippen molar-refractivity contribution in [2.24, 2.45) is 10.9 Å². The van der Waals surface area contributed by atoms with E-state index in [0.29, 0.717) is 18.4 Å². The Morgan fingerprint density at radius 1 is 1.25 bits per heavy atom. The van der Waals surface area contributed by atoms with Gasteiger partial charge in [0, 0.05) is 6.21 Å². The van der Waals surface area contributed by atoms with Gasteiger partial charge < -0.3 is 10.2 Å². The number of carbonyl (C=O) groups is 1. The van der Waals surface area contributed by atoms with Crippen LogP contribution in [0.2, 0.25) is 0 Å². The smallest absolute Gasteiger partial charge is 0.393 e. The van der Waals surface area contributed by atoms with Gasteiger partial charge >= 0.3 is 6.18 Å². The monoisotopic (exact) mass is 452 g/mol. The number of hydrogen-bond acceptors (Lipinski definition) is 5. The van der Waals surface area contributed by atoms with E-state index in [1.54, 1.807) is 13.1 Å². The Labute approximate surface area is 184 Å². The lowest BCUT2D eigenvalue weighted by Gasteiger charge is -2.22. The van der Waals surface area contributed by atoms with Crippen molar-refractivity contribution >= 4 is 12.1 Å². The molecule has 174 valence electrons. The first-order chi connectivity index (χ1) is 15.1. The number of amides is 1. The Hall–Kier alpha value is -2.56. The van der Waals surface area contributed by atoms with Gasteiger partial charge in [0.05, 0.1) is 17.7 Å². The fourth-order valence-corrected chi connectivity index (χ4v) is 3.73. The largest absolute Gasteiger partial charge is 0.416 e. The van der Waals surface area contributed by atoms with Gasteiger partial charge in [-0.25, -0.2) is 4.99 Å². The number of aliphatic hydroxyl groups is 2. The summed E-state index contributed by atoms with van der Waals surface area (Å²) in [5.74, 6) is -0.467. The fraction of sp³-hybridized carbons (Fsp3) is 0.500. The number of hydrogen-bond donors (Lipinski definition) is 3. The number of alkyl halides is 3. The summed E-state index contributed by atoms with van der Waals surface area (Å²) < 4.78 is 40.0. The Morgan fingerprint density at radius 2 is 1.88 bits per heavy atom. The highest BCUT2D eigenvalue weighted by atomic mass is 19.4. The normalized spacial score (nSPS) is 21.6. The van der Waals surface area contributed by atoms with Crippen molar-refractivity contribution in [3.63, 3.8) is 0 Å². The van der Waals surface area contributed by atoms with Gasteiger partial charge in [-0.1, -0.05) is 12.1 Å². The number of aliphatic hydroxyl groups excluding tert-OH is 2. The minimum atomic E-state index is -4.44. The topological polar surface area (TPSA) is 99.7 Å². The maximum absolute atomic E-state index is 12.9. The molecule has 1 amide bonds. The molecule has 1 fully saturated rings. The summed E-state index contributed by atoms with van der Waals surface area (Å²) in [7, 11) is 1.53. The highest BCUT2D eigenvalue weighted by molar-refractivity contribution is 5.98. The predicted octanol–water partition coefficient (Wildman–Crippen LogP) is 3.48. The molecule has 3 N–H and O–H groups in total. The van der Waals surface area contributed by atoms with E-state index in [1.165, 1.54) is 29.9 Å². The van der Waals surface area contributed by atoms with E-state index in [0.717, 1.165) is 25.0 Å². The van der Waals surface area contributed by atoms with Crippen LogP contribution in [-0.2, 0) is 6.18 Å². The van der Waals surface area contributed by atoms with Crippen LogP contribution in [0.1, 0.15) is 72.2 Å². The van der Waals surface area contributed by atoms with Crippen molar-refractivity contribution in [2.45, 2.75) is 57.2 Å². The molecule has 1 aromatic carbocycles. The summed E-state index contributed by atoms with van der Waals surface area (Å²) in [6, 6.07) is 5.49. The fourth-order valence-electron chi connectivity index (χ4n) is 3.73. The molecule has 2 atom stereocenters. The maximum atomic E-state index is 12.9. The Morgan fingerprint density at radius 3 is 2.44 bits per heavy atom. The van der Waals surface area contributed by atoms with Gasteiger partial charge in [0.1, 0.15) is 17.6 Å². The van der Waals surface area contributed by atoms with Crippen molar-refractivity contribution in [3.8, 4) is 0 Å². The van der Waals surface area contributed by atoms with Crippen LogP contribution in [-0.4, -0.2) is 45.3 Å². The number of halogens is 3. The van der Waals surface area contributed by atoms with Crippen LogP contribution in [0.4, 0.5) is 13.2 Å². The molecular weight excluding hydrogens is 425 g/mol.